The predicted molar refractivity (Wildman–Crippen MR) is 94.9 cm³/mol. The van der Waals surface area contributed by atoms with Crippen molar-refractivity contribution >= 4 is 46.1 Å². The molecule has 1 atom stereocenters. The van der Waals surface area contributed by atoms with Crippen LogP contribution in [0.3, 0.4) is 0 Å². The highest BCUT2D eigenvalue weighted by atomic mass is 35.5. The molecule has 2 N–H and O–H groups in total. The Bertz CT molecular complexity index is 920. The molecule has 1 fully saturated rings. The second-order valence-corrected chi connectivity index (χ2v) is 7.04. The summed E-state index contributed by atoms with van der Waals surface area (Å²) in [6, 6.07) is 1.26. The van der Waals surface area contributed by atoms with E-state index in [2.05, 4.69) is 9.50 Å². The van der Waals surface area contributed by atoms with Gasteiger partial charge in [-0.25, -0.2) is 4.79 Å². The Morgan fingerprint density at radius 2 is 2.04 bits per heavy atom. The monoisotopic (exact) mass is 433 g/mol. The second-order valence-electron chi connectivity index (χ2n) is 5.61. The number of halogens is 1. The summed E-state index contributed by atoms with van der Waals surface area (Å²) in [5.74, 6) is -2.22. The standard InChI is InChI=1S/C15H16ClN3O8S/c1-2-18-5-6-19(14(22)13(18)21)15(23)17-11(8-20)9-3-4-12(10(16)7-9)27-28(24,25)26/h3-4,7-8,11H,2,5-6H2,1H3,(H,17,23)(H,24,25,26). The van der Waals surface area contributed by atoms with E-state index in [-0.39, 0.29) is 29.4 Å². The lowest BCUT2D eigenvalue weighted by molar-refractivity contribution is -0.153. The van der Waals surface area contributed by atoms with Gasteiger partial charge in [0.25, 0.3) is 0 Å². The van der Waals surface area contributed by atoms with Gasteiger partial charge in [-0.1, -0.05) is 17.7 Å². The third-order valence-corrected chi connectivity index (χ3v) is 4.55. The van der Waals surface area contributed by atoms with Crippen LogP contribution >= 0.6 is 11.6 Å². The lowest BCUT2D eigenvalue weighted by atomic mass is 10.1. The third kappa shape index (κ3) is 4.97. The highest BCUT2D eigenvalue weighted by Crippen LogP contribution is 2.28. The molecule has 1 aliphatic heterocycles. The average molecular weight is 434 g/mol. The maximum Gasteiger partial charge on any atom is 0.446 e. The largest absolute Gasteiger partial charge is 0.446 e. The van der Waals surface area contributed by atoms with E-state index >= 15 is 0 Å². The molecule has 0 bridgehead atoms. The summed E-state index contributed by atoms with van der Waals surface area (Å²) in [4.78, 5) is 49.6. The van der Waals surface area contributed by atoms with Gasteiger partial charge in [-0.15, -0.1) is 0 Å². The fourth-order valence-corrected chi connectivity index (χ4v) is 3.11. The Kier molecular flexibility index (Phi) is 6.59. The molecule has 1 aliphatic rings. The van der Waals surface area contributed by atoms with Crippen molar-refractivity contribution in [3.05, 3.63) is 28.8 Å². The maximum atomic E-state index is 12.3. The van der Waals surface area contributed by atoms with Gasteiger partial charge in [0.1, 0.15) is 12.3 Å². The van der Waals surface area contributed by atoms with Crippen molar-refractivity contribution < 1.29 is 36.3 Å². The van der Waals surface area contributed by atoms with Crippen molar-refractivity contribution in [2.45, 2.75) is 13.0 Å². The Morgan fingerprint density at radius 3 is 2.57 bits per heavy atom. The SMILES string of the molecule is CCN1CCN(C(=O)NC(C=O)c2ccc(OS(=O)(=O)O)c(Cl)c2)C(=O)C1=O. The molecule has 1 saturated heterocycles. The minimum absolute atomic E-state index is 0.0300. The van der Waals surface area contributed by atoms with Crippen LogP contribution in [0.15, 0.2) is 18.2 Å². The summed E-state index contributed by atoms with van der Waals surface area (Å²) >= 11 is 5.85. The van der Waals surface area contributed by atoms with Crippen LogP contribution in [-0.4, -0.2) is 66.5 Å². The number of likely N-dealkylation sites (N-methyl/N-ethyl adjacent to an activating group) is 1. The number of aldehydes is 1. The number of urea groups is 1. The number of nitrogens with one attached hydrogen (secondary N) is 1. The first-order chi connectivity index (χ1) is 13.1. The van der Waals surface area contributed by atoms with Gasteiger partial charge in [0.05, 0.1) is 5.02 Å². The number of carbonyl (C=O) groups is 4. The van der Waals surface area contributed by atoms with Gasteiger partial charge in [-0.3, -0.25) is 19.0 Å². The molecule has 1 aromatic rings. The Balaban J connectivity index is 2.15. The molecule has 0 radical (unpaired) electrons. The molecule has 1 unspecified atom stereocenters. The van der Waals surface area contributed by atoms with E-state index in [0.717, 1.165) is 12.1 Å². The quantitative estimate of drug-likeness (QED) is 0.366. The van der Waals surface area contributed by atoms with Crippen LogP contribution in [0.4, 0.5) is 4.79 Å². The number of imide groups is 1. The molecule has 13 heteroatoms. The van der Waals surface area contributed by atoms with Crippen LogP contribution in [-0.2, 0) is 24.8 Å². The van der Waals surface area contributed by atoms with Gasteiger partial charge in [-0.2, -0.15) is 8.42 Å². The Hall–Kier alpha value is -2.70. The highest BCUT2D eigenvalue weighted by molar-refractivity contribution is 7.81. The van der Waals surface area contributed by atoms with Crippen molar-refractivity contribution in [2.24, 2.45) is 0 Å². The molecule has 1 aromatic carbocycles. The number of carbonyl (C=O) groups excluding carboxylic acids is 4. The van der Waals surface area contributed by atoms with E-state index in [1.807, 2.05) is 0 Å². The van der Waals surface area contributed by atoms with Crippen LogP contribution in [0, 0.1) is 0 Å². The molecule has 0 saturated carbocycles. The zero-order valence-corrected chi connectivity index (χ0v) is 16.1. The lowest BCUT2D eigenvalue weighted by Crippen LogP contribution is -2.58. The van der Waals surface area contributed by atoms with Crippen LogP contribution in [0.5, 0.6) is 5.75 Å². The predicted octanol–water partition coefficient (Wildman–Crippen LogP) is 0.162. The topological polar surface area (TPSA) is 150 Å². The van der Waals surface area contributed by atoms with Gasteiger partial charge in [0.15, 0.2) is 5.75 Å². The van der Waals surface area contributed by atoms with E-state index in [1.54, 1.807) is 6.92 Å². The number of nitrogens with zero attached hydrogens (tertiary/aromatic N) is 2. The van der Waals surface area contributed by atoms with E-state index in [4.69, 9.17) is 16.2 Å². The lowest BCUT2D eigenvalue weighted by Gasteiger charge is -2.32. The molecule has 0 aliphatic carbocycles. The van der Waals surface area contributed by atoms with Gasteiger partial charge < -0.3 is 19.2 Å². The molecule has 11 nitrogen and oxygen atoms in total. The van der Waals surface area contributed by atoms with Crippen molar-refractivity contribution in [1.29, 1.82) is 0 Å². The van der Waals surface area contributed by atoms with Crippen molar-refractivity contribution in [1.82, 2.24) is 15.1 Å². The highest BCUT2D eigenvalue weighted by Gasteiger charge is 2.36. The number of hydrogen-bond donors (Lipinski definition) is 2. The number of hydrogen-bond acceptors (Lipinski definition) is 7. The normalized spacial score (nSPS) is 16.0. The molecule has 0 aromatic heterocycles. The Labute approximate surface area is 165 Å². The summed E-state index contributed by atoms with van der Waals surface area (Å²) in [6.45, 7) is 2.17. The average Bonchev–Trinajstić information content (AvgIpc) is 2.62. The number of benzene rings is 1. The fourth-order valence-electron chi connectivity index (χ4n) is 2.47. The van der Waals surface area contributed by atoms with E-state index in [0.29, 0.717) is 17.7 Å². The molecule has 4 amide bonds. The molecule has 28 heavy (non-hydrogen) atoms. The Morgan fingerprint density at radius 1 is 1.36 bits per heavy atom. The van der Waals surface area contributed by atoms with E-state index < -0.39 is 34.3 Å². The third-order valence-electron chi connectivity index (χ3n) is 3.86. The maximum absolute atomic E-state index is 12.3. The number of amides is 4. The minimum atomic E-state index is -4.79. The summed E-state index contributed by atoms with van der Waals surface area (Å²) in [6.07, 6.45) is 0.363. The van der Waals surface area contributed by atoms with Gasteiger partial charge in [0, 0.05) is 19.6 Å². The van der Waals surface area contributed by atoms with Crippen molar-refractivity contribution in [3.63, 3.8) is 0 Å². The second kappa shape index (κ2) is 8.54. The van der Waals surface area contributed by atoms with Crippen LogP contribution in [0.2, 0.25) is 5.02 Å². The summed E-state index contributed by atoms with van der Waals surface area (Å²) < 4.78 is 34.4. The first kappa shape index (κ1) is 21.6. The molecule has 2 rings (SSSR count). The molecule has 152 valence electrons. The molecular weight excluding hydrogens is 418 g/mol. The van der Waals surface area contributed by atoms with Crippen LogP contribution < -0.4 is 9.50 Å². The van der Waals surface area contributed by atoms with E-state index in [1.165, 1.54) is 11.0 Å². The van der Waals surface area contributed by atoms with Gasteiger partial charge >= 0.3 is 28.2 Å². The van der Waals surface area contributed by atoms with Gasteiger partial charge in [-0.05, 0) is 24.6 Å². The molecular formula is C15H16ClN3O8S. The summed E-state index contributed by atoms with van der Waals surface area (Å²) in [5.41, 5.74) is 0.155. The minimum Gasteiger partial charge on any atom is -0.360 e. The van der Waals surface area contributed by atoms with E-state index in [9.17, 15) is 27.6 Å². The number of piperazine rings is 1. The fraction of sp³-hybridized carbons (Fsp3) is 0.333. The zero-order chi connectivity index (χ0) is 21.1. The smallest absolute Gasteiger partial charge is 0.360 e. The zero-order valence-electron chi connectivity index (χ0n) is 14.5. The first-order valence-corrected chi connectivity index (χ1v) is 9.64. The molecule has 0 spiro atoms. The van der Waals surface area contributed by atoms with Crippen molar-refractivity contribution in [2.75, 3.05) is 19.6 Å². The number of rotatable bonds is 6. The summed E-state index contributed by atoms with van der Waals surface area (Å²) in [5, 5.41) is 2.04. The van der Waals surface area contributed by atoms with Crippen LogP contribution in [0.1, 0.15) is 18.5 Å². The first-order valence-electron chi connectivity index (χ1n) is 7.90. The van der Waals surface area contributed by atoms with Gasteiger partial charge in [0.2, 0.25) is 0 Å². The molecule has 1 heterocycles. The summed E-state index contributed by atoms with van der Waals surface area (Å²) in [7, 11) is -4.79. The van der Waals surface area contributed by atoms with Crippen LogP contribution in [0.25, 0.3) is 0 Å². The van der Waals surface area contributed by atoms with Crippen molar-refractivity contribution in [3.8, 4) is 5.75 Å².